The van der Waals surface area contributed by atoms with Crippen molar-refractivity contribution in [3.8, 4) is 11.5 Å². The zero-order chi connectivity index (χ0) is 10.8. The molecule has 0 unspecified atom stereocenters. The van der Waals surface area contributed by atoms with Gasteiger partial charge in [0.05, 0.1) is 5.39 Å². The van der Waals surface area contributed by atoms with Gasteiger partial charge in [0.15, 0.2) is 5.75 Å². The molecule has 0 amide bonds. The molecule has 0 aliphatic heterocycles. The van der Waals surface area contributed by atoms with Crippen molar-refractivity contribution in [1.82, 2.24) is 0 Å². The van der Waals surface area contributed by atoms with Gasteiger partial charge < -0.3 is 10.2 Å². The van der Waals surface area contributed by atoms with Crippen molar-refractivity contribution >= 4 is 16.5 Å². The highest BCUT2D eigenvalue weighted by Gasteiger charge is 2.08. The molecule has 2 aromatic carbocycles. The van der Waals surface area contributed by atoms with E-state index in [0.29, 0.717) is 11.1 Å². The highest BCUT2D eigenvalue weighted by atomic mass is 16.3. The van der Waals surface area contributed by atoms with E-state index >= 15 is 0 Å². The van der Waals surface area contributed by atoms with E-state index in [1.807, 2.05) is 6.07 Å². The number of rotatable bonds is 1. The number of fused-ring (bicyclic) bond motifs is 1. The topological polar surface area (TPSA) is 65.2 Å². The fourth-order valence-corrected chi connectivity index (χ4v) is 1.52. The van der Waals surface area contributed by atoms with Crippen LogP contribution in [0.25, 0.3) is 10.8 Å². The Hall–Kier alpha value is -2.10. The van der Waals surface area contributed by atoms with Crippen LogP contribution >= 0.6 is 0 Å². The summed E-state index contributed by atoms with van der Waals surface area (Å²) in [6.07, 6.45) is 0. The molecular weight excluding hydrogens is 192 g/mol. The molecule has 4 heteroatoms. The second-order valence-corrected chi connectivity index (χ2v) is 3.11. The maximum atomic E-state index is 9.85. The Bertz CT molecular complexity index is 535. The lowest BCUT2D eigenvalue weighted by molar-refractivity contribution is 0.464. The average molecular weight is 202 g/mol. The Balaban J connectivity index is 2.82. The van der Waals surface area contributed by atoms with Crippen LogP contribution in [0, 0.1) is 0 Å². The third-order valence-electron chi connectivity index (χ3n) is 2.18. The molecule has 0 aliphatic rings. The third-order valence-corrected chi connectivity index (χ3v) is 2.18. The van der Waals surface area contributed by atoms with Crippen molar-refractivity contribution < 1.29 is 10.2 Å². The van der Waals surface area contributed by atoms with Crippen LogP contribution in [0.3, 0.4) is 0 Å². The molecule has 0 aromatic heterocycles. The van der Waals surface area contributed by atoms with Gasteiger partial charge in [-0.05, 0) is 17.5 Å². The maximum Gasteiger partial charge on any atom is 0.154 e. The van der Waals surface area contributed by atoms with Gasteiger partial charge in [-0.1, -0.05) is 18.2 Å². The van der Waals surface area contributed by atoms with Gasteiger partial charge in [-0.2, -0.15) is 10.2 Å². The third kappa shape index (κ3) is 1.50. The van der Waals surface area contributed by atoms with E-state index < -0.39 is 0 Å². The number of phenolic OH excluding ortho intramolecular Hbond substituents is 2. The summed E-state index contributed by atoms with van der Waals surface area (Å²) >= 11 is 0. The SMILES string of the molecule is CN=Nc1ccc2cccc(O)c2c1O. The van der Waals surface area contributed by atoms with Gasteiger partial charge in [0, 0.05) is 7.05 Å². The minimum Gasteiger partial charge on any atom is -0.507 e. The van der Waals surface area contributed by atoms with E-state index in [0.717, 1.165) is 5.39 Å². The predicted octanol–water partition coefficient (Wildman–Crippen LogP) is 2.96. The minimum absolute atomic E-state index is 0.0400. The number of benzene rings is 2. The number of hydrogen-bond donors (Lipinski definition) is 2. The molecular formula is C11H10N2O2. The van der Waals surface area contributed by atoms with Crippen LogP contribution in [0.5, 0.6) is 11.5 Å². The molecule has 2 aromatic rings. The van der Waals surface area contributed by atoms with Crippen molar-refractivity contribution in [3.63, 3.8) is 0 Å². The van der Waals surface area contributed by atoms with Crippen molar-refractivity contribution in [2.75, 3.05) is 7.05 Å². The number of hydrogen-bond acceptors (Lipinski definition) is 4. The standard InChI is InChI=1S/C11H10N2O2/c1-12-13-8-6-5-7-3-2-4-9(14)10(7)11(8)15/h2-6,14-15H,1H3. The molecule has 0 spiro atoms. The summed E-state index contributed by atoms with van der Waals surface area (Å²) in [5.41, 5.74) is 0.353. The lowest BCUT2D eigenvalue weighted by Crippen LogP contribution is -1.76. The maximum absolute atomic E-state index is 9.85. The summed E-state index contributed by atoms with van der Waals surface area (Å²) in [5, 5.41) is 28.0. The van der Waals surface area contributed by atoms with E-state index in [-0.39, 0.29) is 11.5 Å². The molecule has 0 fully saturated rings. The van der Waals surface area contributed by atoms with E-state index in [4.69, 9.17) is 0 Å². The average Bonchev–Trinajstić information content (AvgIpc) is 2.22. The first-order valence-corrected chi connectivity index (χ1v) is 4.47. The Morgan fingerprint density at radius 1 is 1.07 bits per heavy atom. The lowest BCUT2D eigenvalue weighted by Gasteiger charge is -2.04. The molecule has 4 nitrogen and oxygen atoms in total. The fraction of sp³-hybridized carbons (Fsp3) is 0.0909. The van der Waals surface area contributed by atoms with Crippen LogP contribution in [0.2, 0.25) is 0 Å². The molecule has 0 atom stereocenters. The number of phenols is 2. The molecule has 2 rings (SSSR count). The smallest absolute Gasteiger partial charge is 0.154 e. The first-order valence-electron chi connectivity index (χ1n) is 4.47. The molecule has 0 heterocycles. The molecule has 0 saturated carbocycles. The predicted molar refractivity (Wildman–Crippen MR) is 57.7 cm³/mol. The van der Waals surface area contributed by atoms with Crippen LogP contribution in [0.4, 0.5) is 5.69 Å². The fourth-order valence-electron chi connectivity index (χ4n) is 1.52. The van der Waals surface area contributed by atoms with Crippen LogP contribution in [0.1, 0.15) is 0 Å². The molecule has 15 heavy (non-hydrogen) atoms. The molecule has 0 bridgehead atoms. The van der Waals surface area contributed by atoms with Gasteiger partial charge in [-0.15, -0.1) is 0 Å². The van der Waals surface area contributed by atoms with Crippen LogP contribution in [-0.4, -0.2) is 17.3 Å². The Morgan fingerprint density at radius 2 is 1.87 bits per heavy atom. The Morgan fingerprint density at radius 3 is 2.60 bits per heavy atom. The van der Waals surface area contributed by atoms with Gasteiger partial charge >= 0.3 is 0 Å². The van der Waals surface area contributed by atoms with Gasteiger partial charge in [-0.25, -0.2) is 0 Å². The monoisotopic (exact) mass is 202 g/mol. The van der Waals surface area contributed by atoms with Crippen molar-refractivity contribution in [2.24, 2.45) is 10.2 Å². The second-order valence-electron chi connectivity index (χ2n) is 3.11. The number of aromatic hydroxyl groups is 2. The Kier molecular flexibility index (Phi) is 2.25. The quantitative estimate of drug-likeness (QED) is 0.698. The van der Waals surface area contributed by atoms with Crippen molar-refractivity contribution in [1.29, 1.82) is 0 Å². The van der Waals surface area contributed by atoms with Gasteiger partial charge in [0.2, 0.25) is 0 Å². The molecule has 2 N–H and O–H groups in total. The molecule has 0 aliphatic carbocycles. The lowest BCUT2D eigenvalue weighted by atomic mass is 10.1. The summed E-state index contributed by atoms with van der Waals surface area (Å²) in [7, 11) is 1.52. The van der Waals surface area contributed by atoms with Crippen LogP contribution in [0.15, 0.2) is 40.6 Å². The molecule has 0 radical (unpaired) electrons. The first-order chi connectivity index (χ1) is 7.24. The summed E-state index contributed by atoms with van der Waals surface area (Å²) in [6, 6.07) is 8.48. The zero-order valence-corrected chi connectivity index (χ0v) is 8.18. The van der Waals surface area contributed by atoms with E-state index in [1.54, 1.807) is 18.2 Å². The minimum atomic E-state index is -0.0452. The van der Waals surface area contributed by atoms with Gasteiger partial charge in [0.25, 0.3) is 0 Å². The highest BCUT2D eigenvalue weighted by molar-refractivity contribution is 5.96. The number of azo groups is 1. The van der Waals surface area contributed by atoms with Crippen LogP contribution in [-0.2, 0) is 0 Å². The van der Waals surface area contributed by atoms with Gasteiger partial charge in [-0.3, -0.25) is 0 Å². The van der Waals surface area contributed by atoms with E-state index in [1.165, 1.54) is 13.1 Å². The summed E-state index contributed by atoms with van der Waals surface area (Å²) in [4.78, 5) is 0. The highest BCUT2D eigenvalue weighted by Crippen LogP contribution is 2.39. The van der Waals surface area contributed by atoms with Crippen molar-refractivity contribution in [2.45, 2.75) is 0 Å². The Labute approximate surface area is 86.5 Å². The number of nitrogens with zero attached hydrogens (tertiary/aromatic N) is 2. The van der Waals surface area contributed by atoms with Crippen LogP contribution < -0.4 is 0 Å². The zero-order valence-electron chi connectivity index (χ0n) is 8.18. The van der Waals surface area contributed by atoms with E-state index in [9.17, 15) is 10.2 Å². The first kappa shape index (κ1) is 9.45. The summed E-state index contributed by atoms with van der Waals surface area (Å²) in [5.74, 6) is -0.00523. The normalized spacial score (nSPS) is 11.3. The molecule has 0 saturated heterocycles. The second kappa shape index (κ2) is 3.57. The van der Waals surface area contributed by atoms with Crippen molar-refractivity contribution in [3.05, 3.63) is 30.3 Å². The summed E-state index contributed by atoms with van der Waals surface area (Å²) in [6.45, 7) is 0. The van der Waals surface area contributed by atoms with E-state index in [2.05, 4.69) is 10.2 Å². The molecule has 76 valence electrons. The van der Waals surface area contributed by atoms with Gasteiger partial charge in [0.1, 0.15) is 11.4 Å². The summed E-state index contributed by atoms with van der Waals surface area (Å²) < 4.78 is 0. The largest absolute Gasteiger partial charge is 0.507 e.